The third kappa shape index (κ3) is 3.83. The van der Waals surface area contributed by atoms with Crippen LogP contribution in [0.25, 0.3) is 5.76 Å². The van der Waals surface area contributed by atoms with Gasteiger partial charge in [0.25, 0.3) is 11.7 Å². The van der Waals surface area contributed by atoms with Crippen molar-refractivity contribution in [3.05, 3.63) is 65.2 Å². The molecule has 0 unspecified atom stereocenters. The van der Waals surface area contributed by atoms with E-state index in [4.69, 9.17) is 9.47 Å². The van der Waals surface area contributed by atoms with Crippen LogP contribution in [0.3, 0.4) is 0 Å². The van der Waals surface area contributed by atoms with Crippen molar-refractivity contribution in [2.45, 2.75) is 19.9 Å². The summed E-state index contributed by atoms with van der Waals surface area (Å²) in [5, 5.41) is 11.0. The van der Waals surface area contributed by atoms with E-state index in [0.717, 1.165) is 0 Å². The highest BCUT2D eigenvalue weighted by atomic mass is 16.5. The molecule has 152 valence electrons. The molecule has 0 aliphatic carbocycles. The lowest BCUT2D eigenvalue weighted by molar-refractivity contribution is -0.140. The van der Waals surface area contributed by atoms with Crippen molar-refractivity contribution in [3.63, 3.8) is 0 Å². The molecule has 1 heterocycles. The van der Waals surface area contributed by atoms with Crippen molar-refractivity contribution in [1.82, 2.24) is 4.90 Å². The second-order valence-electron chi connectivity index (χ2n) is 7.32. The van der Waals surface area contributed by atoms with Gasteiger partial charge >= 0.3 is 0 Å². The minimum Gasteiger partial charge on any atom is -0.507 e. The summed E-state index contributed by atoms with van der Waals surface area (Å²) in [7, 11) is 3.07. The van der Waals surface area contributed by atoms with Gasteiger partial charge in [0.15, 0.2) is 0 Å². The Morgan fingerprint density at radius 2 is 1.76 bits per heavy atom. The number of benzene rings is 2. The van der Waals surface area contributed by atoms with E-state index in [-0.39, 0.29) is 17.3 Å². The number of hydrogen-bond acceptors (Lipinski definition) is 5. The Kier molecular flexibility index (Phi) is 5.92. The van der Waals surface area contributed by atoms with Gasteiger partial charge in [-0.1, -0.05) is 44.2 Å². The van der Waals surface area contributed by atoms with E-state index < -0.39 is 17.7 Å². The Morgan fingerprint density at radius 3 is 2.34 bits per heavy atom. The highest BCUT2D eigenvalue weighted by Crippen LogP contribution is 2.43. The highest BCUT2D eigenvalue weighted by molar-refractivity contribution is 6.46. The summed E-state index contributed by atoms with van der Waals surface area (Å²) < 4.78 is 10.8. The highest BCUT2D eigenvalue weighted by Gasteiger charge is 2.47. The van der Waals surface area contributed by atoms with Gasteiger partial charge in [0.1, 0.15) is 17.3 Å². The van der Waals surface area contributed by atoms with Crippen LogP contribution in [0.2, 0.25) is 0 Å². The van der Waals surface area contributed by atoms with E-state index in [2.05, 4.69) is 0 Å². The molecule has 1 amide bonds. The molecule has 3 rings (SSSR count). The van der Waals surface area contributed by atoms with Gasteiger partial charge in [-0.05, 0) is 18.1 Å². The molecule has 0 radical (unpaired) electrons. The molecular formula is C23H25NO5. The lowest BCUT2D eigenvalue weighted by Gasteiger charge is -2.28. The number of ether oxygens (including phenoxy) is 2. The third-order valence-electron chi connectivity index (χ3n) is 4.88. The van der Waals surface area contributed by atoms with E-state index in [1.165, 1.54) is 12.0 Å². The van der Waals surface area contributed by atoms with Crippen molar-refractivity contribution in [1.29, 1.82) is 0 Å². The van der Waals surface area contributed by atoms with Crippen LogP contribution >= 0.6 is 0 Å². The van der Waals surface area contributed by atoms with Crippen molar-refractivity contribution in [2.24, 2.45) is 5.92 Å². The first kappa shape index (κ1) is 20.5. The van der Waals surface area contributed by atoms with E-state index >= 15 is 0 Å². The molecule has 1 fully saturated rings. The molecule has 29 heavy (non-hydrogen) atoms. The summed E-state index contributed by atoms with van der Waals surface area (Å²) in [6.45, 7) is 4.31. The number of amides is 1. The van der Waals surface area contributed by atoms with Crippen LogP contribution in [0.1, 0.15) is 31.0 Å². The normalized spacial score (nSPS) is 18.4. The maximum absolute atomic E-state index is 12.9. The predicted octanol–water partition coefficient (Wildman–Crippen LogP) is 3.78. The summed E-state index contributed by atoms with van der Waals surface area (Å²) >= 11 is 0. The van der Waals surface area contributed by atoms with Crippen LogP contribution in [0.15, 0.2) is 54.1 Å². The molecule has 1 aliphatic rings. The van der Waals surface area contributed by atoms with E-state index in [1.807, 2.05) is 19.9 Å². The molecular weight excluding hydrogens is 370 g/mol. The number of hydrogen-bond donors (Lipinski definition) is 1. The van der Waals surface area contributed by atoms with Gasteiger partial charge in [0, 0.05) is 23.7 Å². The molecule has 6 heteroatoms. The smallest absolute Gasteiger partial charge is 0.295 e. The zero-order valence-electron chi connectivity index (χ0n) is 17.0. The minimum atomic E-state index is -0.751. The Bertz CT molecular complexity index is 949. The Balaban J connectivity index is 2.24. The second kappa shape index (κ2) is 8.39. The topological polar surface area (TPSA) is 76.1 Å². The van der Waals surface area contributed by atoms with Gasteiger partial charge in [-0.25, -0.2) is 0 Å². The molecule has 1 aliphatic heterocycles. The number of rotatable bonds is 6. The number of Topliss-reactive ketones (excluding diaryl/α,β-unsaturated/α-hetero) is 1. The van der Waals surface area contributed by atoms with Gasteiger partial charge in [0.05, 0.1) is 25.8 Å². The second-order valence-corrected chi connectivity index (χ2v) is 7.32. The molecule has 0 spiro atoms. The Morgan fingerprint density at radius 1 is 1.07 bits per heavy atom. The van der Waals surface area contributed by atoms with Crippen molar-refractivity contribution < 1.29 is 24.2 Å². The van der Waals surface area contributed by atoms with E-state index in [1.54, 1.807) is 49.6 Å². The monoisotopic (exact) mass is 395 g/mol. The first-order valence-electron chi connectivity index (χ1n) is 9.44. The van der Waals surface area contributed by atoms with Crippen molar-refractivity contribution in [3.8, 4) is 11.5 Å². The summed E-state index contributed by atoms with van der Waals surface area (Å²) in [6.07, 6.45) is 0. The van der Waals surface area contributed by atoms with Gasteiger partial charge in [0.2, 0.25) is 0 Å². The average molecular weight is 395 g/mol. The van der Waals surface area contributed by atoms with Crippen LogP contribution < -0.4 is 9.47 Å². The quantitative estimate of drug-likeness (QED) is 0.458. The number of carbonyl (C=O) groups is 2. The number of aliphatic hydroxyl groups is 1. The van der Waals surface area contributed by atoms with Gasteiger partial charge < -0.3 is 19.5 Å². The maximum Gasteiger partial charge on any atom is 0.295 e. The zero-order valence-corrected chi connectivity index (χ0v) is 17.0. The fourth-order valence-electron chi connectivity index (χ4n) is 3.58. The Labute approximate surface area is 170 Å². The largest absolute Gasteiger partial charge is 0.507 e. The molecule has 2 aromatic rings. The van der Waals surface area contributed by atoms with E-state index in [9.17, 15) is 14.7 Å². The average Bonchev–Trinajstić information content (AvgIpc) is 2.97. The SMILES string of the molecule is COc1ccc([C@@H]2C(=C(O)c3ccccc3)C(=O)C(=O)N2CC(C)C)c(OC)c1. The van der Waals surface area contributed by atoms with Gasteiger partial charge in [-0.15, -0.1) is 0 Å². The van der Waals surface area contributed by atoms with Gasteiger partial charge in [-0.2, -0.15) is 0 Å². The van der Waals surface area contributed by atoms with Crippen LogP contribution in [-0.2, 0) is 9.59 Å². The number of methoxy groups -OCH3 is 2. The predicted molar refractivity (Wildman–Crippen MR) is 110 cm³/mol. The van der Waals surface area contributed by atoms with Crippen molar-refractivity contribution in [2.75, 3.05) is 20.8 Å². The summed E-state index contributed by atoms with van der Waals surface area (Å²) in [5.74, 6) is -0.317. The fourth-order valence-corrected chi connectivity index (χ4v) is 3.58. The maximum atomic E-state index is 12.9. The van der Waals surface area contributed by atoms with Crippen molar-refractivity contribution >= 4 is 17.4 Å². The van der Waals surface area contributed by atoms with Gasteiger partial charge in [-0.3, -0.25) is 9.59 Å². The first-order chi connectivity index (χ1) is 13.9. The number of carbonyl (C=O) groups excluding carboxylic acids is 2. The number of likely N-dealkylation sites (tertiary alicyclic amines) is 1. The fraction of sp³-hybridized carbons (Fsp3) is 0.304. The zero-order chi connectivity index (χ0) is 21.1. The Hall–Kier alpha value is -3.28. The molecule has 1 saturated heterocycles. The lowest BCUT2D eigenvalue weighted by atomic mass is 9.94. The third-order valence-corrected chi connectivity index (χ3v) is 4.88. The molecule has 1 atom stereocenters. The lowest BCUT2D eigenvalue weighted by Crippen LogP contribution is -2.33. The molecule has 6 nitrogen and oxygen atoms in total. The summed E-state index contributed by atoms with van der Waals surface area (Å²) in [4.78, 5) is 27.3. The molecule has 0 saturated carbocycles. The molecule has 0 bridgehead atoms. The van der Waals surface area contributed by atoms with Crippen LogP contribution in [0.4, 0.5) is 0 Å². The van der Waals surface area contributed by atoms with Crippen LogP contribution in [-0.4, -0.2) is 42.5 Å². The number of nitrogens with zero attached hydrogens (tertiary/aromatic N) is 1. The molecule has 1 N–H and O–H groups in total. The first-order valence-corrected chi connectivity index (χ1v) is 9.44. The minimum absolute atomic E-state index is 0.0605. The number of ketones is 1. The summed E-state index contributed by atoms with van der Waals surface area (Å²) in [5.41, 5.74) is 1.16. The molecule has 0 aromatic heterocycles. The number of aliphatic hydroxyl groups excluding tert-OH is 1. The van der Waals surface area contributed by atoms with Crippen LogP contribution in [0.5, 0.6) is 11.5 Å². The van der Waals surface area contributed by atoms with E-state index in [0.29, 0.717) is 29.2 Å². The molecule has 2 aromatic carbocycles. The standard InChI is InChI=1S/C23H25NO5/c1-14(2)13-24-20(17-11-10-16(28-3)12-18(17)29-4)19(22(26)23(24)27)21(25)15-8-6-5-7-9-15/h5-12,14,20,25H,13H2,1-4H3/t20-/m1/s1. The summed E-state index contributed by atoms with van der Waals surface area (Å²) in [6, 6.07) is 13.2. The van der Waals surface area contributed by atoms with Crippen LogP contribution in [0, 0.1) is 5.92 Å².